The molecule has 1 aromatic carbocycles. The number of H-pyrrole nitrogens is 1. The molecule has 1 amide bonds. The maximum atomic E-state index is 12.3. The molecular weight excluding hydrogens is 370 g/mol. The fraction of sp³-hybridized carbons (Fsp3) is 0.235. The molecule has 0 atom stereocenters. The van der Waals surface area contributed by atoms with Crippen molar-refractivity contribution in [2.45, 2.75) is 6.54 Å². The predicted octanol–water partition coefficient (Wildman–Crippen LogP) is 1.06. The molecule has 0 saturated heterocycles. The molecule has 140 valence electrons. The van der Waals surface area contributed by atoms with Crippen LogP contribution < -0.4 is 10.5 Å². The summed E-state index contributed by atoms with van der Waals surface area (Å²) in [6, 6.07) is 7.18. The van der Waals surface area contributed by atoms with Crippen LogP contribution in [0.25, 0.3) is 0 Å². The Balaban J connectivity index is 1.98. The highest BCUT2D eigenvalue weighted by atomic mass is 32.1. The molecule has 9 nitrogen and oxygen atoms in total. The number of hydrogen-bond acceptors (Lipinski definition) is 7. The number of carbonyl (C=O) groups excluding carboxylic acids is 1. The van der Waals surface area contributed by atoms with Crippen LogP contribution in [0.4, 0.5) is 5.69 Å². The Morgan fingerprint density at radius 2 is 2.07 bits per heavy atom. The summed E-state index contributed by atoms with van der Waals surface area (Å²) in [5.41, 5.74) is 0.815. The van der Waals surface area contributed by atoms with Crippen molar-refractivity contribution in [1.82, 2.24) is 9.55 Å². The van der Waals surface area contributed by atoms with Gasteiger partial charge in [-0.2, -0.15) is 5.10 Å². The monoisotopic (exact) mass is 387 g/mol. The van der Waals surface area contributed by atoms with Gasteiger partial charge >= 0.3 is 0 Å². The van der Waals surface area contributed by atoms with Gasteiger partial charge in [0.25, 0.3) is 11.5 Å². The molecular formula is C17H17N5O4S. The predicted molar refractivity (Wildman–Crippen MR) is 103 cm³/mol. The van der Waals surface area contributed by atoms with Crippen LogP contribution in [0.1, 0.15) is 11.1 Å². The second-order valence-corrected chi connectivity index (χ2v) is 6.10. The van der Waals surface area contributed by atoms with E-state index < -0.39 is 5.56 Å². The van der Waals surface area contributed by atoms with Gasteiger partial charge in [0.15, 0.2) is 10.5 Å². The molecule has 10 heteroatoms. The molecule has 0 spiro atoms. The van der Waals surface area contributed by atoms with Crippen LogP contribution in [0.3, 0.4) is 0 Å². The van der Waals surface area contributed by atoms with E-state index in [1.165, 1.54) is 16.6 Å². The van der Waals surface area contributed by atoms with Crippen LogP contribution >= 0.6 is 12.2 Å². The summed E-state index contributed by atoms with van der Waals surface area (Å²) < 4.78 is 6.35. The summed E-state index contributed by atoms with van der Waals surface area (Å²) in [4.78, 5) is 28.3. The maximum absolute atomic E-state index is 12.3. The Bertz CT molecular complexity index is 1070. The first-order chi connectivity index (χ1) is 13.0. The number of amides is 1. The molecule has 0 unspecified atom stereocenters. The average Bonchev–Trinajstić information content (AvgIpc) is 2.89. The highest BCUT2D eigenvalue weighted by Crippen LogP contribution is 2.27. The second-order valence-electron chi connectivity index (χ2n) is 5.72. The lowest BCUT2D eigenvalue weighted by Crippen LogP contribution is -2.25. The van der Waals surface area contributed by atoms with Gasteiger partial charge in [-0.05, 0) is 18.3 Å². The van der Waals surface area contributed by atoms with E-state index in [9.17, 15) is 14.7 Å². The second kappa shape index (κ2) is 7.64. The minimum Gasteiger partial charge on any atom is -0.494 e. The van der Waals surface area contributed by atoms with Crippen LogP contribution in [0.15, 0.2) is 39.3 Å². The van der Waals surface area contributed by atoms with Crippen molar-refractivity contribution in [1.29, 1.82) is 0 Å². The number of likely N-dealkylation sites (N-methyl/N-ethyl adjacent to an activating group) is 1. The third kappa shape index (κ3) is 3.44. The molecule has 27 heavy (non-hydrogen) atoms. The number of ether oxygens (including phenoxy) is 1. The van der Waals surface area contributed by atoms with Crippen molar-refractivity contribution in [3.63, 3.8) is 0 Å². The van der Waals surface area contributed by atoms with E-state index in [-0.39, 0.29) is 34.4 Å². The summed E-state index contributed by atoms with van der Waals surface area (Å²) in [5.74, 6) is -0.650. The highest BCUT2D eigenvalue weighted by molar-refractivity contribution is 7.71. The van der Waals surface area contributed by atoms with Crippen molar-refractivity contribution >= 4 is 35.7 Å². The van der Waals surface area contributed by atoms with E-state index in [0.717, 1.165) is 11.9 Å². The Morgan fingerprint density at radius 1 is 1.33 bits per heavy atom. The van der Waals surface area contributed by atoms with Crippen LogP contribution in [0, 0.1) is 4.77 Å². The van der Waals surface area contributed by atoms with Gasteiger partial charge in [0, 0.05) is 19.7 Å². The number of anilines is 1. The zero-order chi connectivity index (χ0) is 19.6. The fourth-order valence-corrected chi connectivity index (χ4v) is 2.94. The largest absolute Gasteiger partial charge is 0.494 e. The number of methoxy groups -OCH3 is 1. The highest BCUT2D eigenvalue weighted by Gasteiger charge is 2.31. The maximum Gasteiger partial charge on any atom is 0.279 e. The van der Waals surface area contributed by atoms with E-state index in [0.29, 0.717) is 12.2 Å². The third-order valence-corrected chi connectivity index (χ3v) is 4.42. The normalized spacial score (nSPS) is 15.1. The molecule has 0 fully saturated rings. The van der Waals surface area contributed by atoms with Crippen LogP contribution in [0.2, 0.25) is 0 Å². The zero-order valence-corrected chi connectivity index (χ0v) is 15.5. The van der Waals surface area contributed by atoms with Gasteiger partial charge in [-0.1, -0.05) is 18.2 Å². The molecule has 2 N–H and O–H groups in total. The number of benzene rings is 1. The first kappa shape index (κ1) is 18.7. The molecule has 0 radical (unpaired) electrons. The quantitative estimate of drug-likeness (QED) is 0.453. The molecule has 0 saturated carbocycles. The molecule has 3 rings (SSSR count). The molecule has 1 aliphatic heterocycles. The number of hydrogen-bond donors (Lipinski definition) is 2. The van der Waals surface area contributed by atoms with Gasteiger partial charge in [0.1, 0.15) is 5.56 Å². The number of aromatic hydroxyl groups is 1. The van der Waals surface area contributed by atoms with E-state index >= 15 is 0 Å². The number of rotatable bonds is 5. The molecule has 2 heterocycles. The van der Waals surface area contributed by atoms with Gasteiger partial charge in [0.2, 0.25) is 5.88 Å². The Morgan fingerprint density at radius 3 is 2.81 bits per heavy atom. The molecule has 1 aliphatic rings. The standard InChI is InChI=1S/C17H17N5O4S/c1-21-12-6-4-3-5-10(12)13(16(21)25)20-18-9-11-14(23)19-17(27)22(15(11)24)7-8-26-2/h3-6,9,24H,7-8H2,1-2H3,(H,19,23,27)/b18-9+,20-13?. The number of aromatic amines is 1. The van der Waals surface area contributed by atoms with E-state index in [2.05, 4.69) is 15.2 Å². The van der Waals surface area contributed by atoms with E-state index in [1.54, 1.807) is 25.2 Å². The van der Waals surface area contributed by atoms with Crippen molar-refractivity contribution < 1.29 is 14.6 Å². The summed E-state index contributed by atoms with van der Waals surface area (Å²) >= 11 is 5.04. The van der Waals surface area contributed by atoms with Gasteiger partial charge in [-0.3, -0.25) is 19.1 Å². The Labute approximate surface area is 159 Å². The Kier molecular flexibility index (Phi) is 5.28. The Hall–Kier alpha value is -3.11. The van der Waals surface area contributed by atoms with E-state index in [4.69, 9.17) is 17.0 Å². The third-order valence-electron chi connectivity index (χ3n) is 4.10. The number of fused-ring (bicyclic) bond motifs is 1. The van der Waals surface area contributed by atoms with Crippen molar-refractivity contribution in [3.8, 4) is 5.88 Å². The van der Waals surface area contributed by atoms with Gasteiger partial charge in [-0.15, -0.1) is 5.10 Å². The summed E-state index contributed by atoms with van der Waals surface area (Å²) in [6.07, 6.45) is 1.09. The molecule has 2 aromatic rings. The first-order valence-corrected chi connectivity index (χ1v) is 8.40. The van der Waals surface area contributed by atoms with Gasteiger partial charge < -0.3 is 14.7 Å². The lowest BCUT2D eigenvalue weighted by molar-refractivity contribution is -0.111. The SMILES string of the molecule is COCCn1c(O)c(/C=N/N=C2C(=O)N(C)c3ccccc32)c(=O)[nH]c1=S. The number of carbonyl (C=O) groups is 1. The van der Waals surface area contributed by atoms with Crippen molar-refractivity contribution in [2.24, 2.45) is 10.2 Å². The number of nitrogens with zero attached hydrogens (tertiary/aromatic N) is 4. The molecule has 0 bridgehead atoms. The zero-order valence-electron chi connectivity index (χ0n) is 14.7. The van der Waals surface area contributed by atoms with Gasteiger partial charge in [0.05, 0.1) is 25.1 Å². The topological polar surface area (TPSA) is 112 Å². The lowest BCUT2D eigenvalue weighted by atomic mass is 10.1. The number of nitrogens with one attached hydrogen (secondary N) is 1. The van der Waals surface area contributed by atoms with Crippen LogP contribution in [0.5, 0.6) is 5.88 Å². The van der Waals surface area contributed by atoms with Crippen molar-refractivity contribution in [3.05, 3.63) is 50.5 Å². The fourth-order valence-electron chi connectivity index (χ4n) is 2.67. The summed E-state index contributed by atoms with van der Waals surface area (Å²) in [5, 5.41) is 18.1. The number of para-hydroxylation sites is 1. The number of aromatic nitrogens is 2. The van der Waals surface area contributed by atoms with Gasteiger partial charge in [-0.25, -0.2) is 0 Å². The average molecular weight is 387 g/mol. The first-order valence-electron chi connectivity index (χ1n) is 7.99. The van der Waals surface area contributed by atoms with E-state index in [1.807, 2.05) is 6.07 Å². The summed E-state index contributed by atoms with van der Waals surface area (Å²) in [7, 11) is 3.16. The molecule has 1 aromatic heterocycles. The van der Waals surface area contributed by atoms with Crippen molar-refractivity contribution in [2.75, 3.05) is 25.7 Å². The minimum absolute atomic E-state index is 0.0690. The minimum atomic E-state index is -0.606. The lowest BCUT2D eigenvalue weighted by Gasteiger charge is -2.09. The van der Waals surface area contributed by atoms with Crippen LogP contribution in [-0.4, -0.2) is 53.3 Å². The smallest absolute Gasteiger partial charge is 0.279 e. The summed E-state index contributed by atoms with van der Waals surface area (Å²) in [6.45, 7) is 0.550. The molecule has 0 aliphatic carbocycles. The van der Waals surface area contributed by atoms with Crippen LogP contribution in [-0.2, 0) is 16.1 Å².